The molecule has 0 saturated heterocycles. The molecule has 37 heavy (non-hydrogen) atoms. The molecule has 5 rings (SSSR count). The molecule has 1 aliphatic heterocycles. The Bertz CT molecular complexity index is 1420. The van der Waals surface area contributed by atoms with E-state index in [-0.39, 0.29) is 29.2 Å². The number of anilines is 1. The molecule has 0 spiro atoms. The Morgan fingerprint density at radius 3 is 2.46 bits per heavy atom. The number of fused-ring (bicyclic) bond motifs is 3. The maximum atomic E-state index is 14.3. The number of rotatable bonds is 5. The molecule has 2 heterocycles. The van der Waals surface area contributed by atoms with Gasteiger partial charge in [0.05, 0.1) is 11.1 Å². The second kappa shape index (κ2) is 9.32. The third-order valence-electron chi connectivity index (χ3n) is 7.83. The number of hydrogen-bond acceptors (Lipinski definition) is 4. The van der Waals surface area contributed by atoms with Gasteiger partial charge in [0.15, 0.2) is 0 Å². The maximum Gasteiger partial charge on any atom is 0.250 e. The summed E-state index contributed by atoms with van der Waals surface area (Å²) in [6.45, 7) is 4.13. The van der Waals surface area contributed by atoms with Gasteiger partial charge in [0.1, 0.15) is 5.82 Å². The van der Waals surface area contributed by atoms with Crippen LogP contribution in [0.1, 0.15) is 66.8 Å². The van der Waals surface area contributed by atoms with E-state index in [2.05, 4.69) is 24.5 Å². The maximum absolute atomic E-state index is 14.3. The zero-order chi connectivity index (χ0) is 26.5. The first-order valence-corrected chi connectivity index (χ1v) is 12.9. The molecule has 0 radical (unpaired) electrons. The molecular weight excluding hydrogens is 471 g/mol. The van der Waals surface area contributed by atoms with Crippen LogP contribution in [0.25, 0.3) is 22.0 Å². The van der Waals surface area contributed by atoms with Gasteiger partial charge >= 0.3 is 0 Å². The summed E-state index contributed by atoms with van der Waals surface area (Å²) in [5.74, 6) is -0.901. The lowest BCUT2D eigenvalue weighted by Crippen LogP contribution is -2.34. The van der Waals surface area contributed by atoms with E-state index >= 15 is 0 Å². The predicted molar refractivity (Wildman–Crippen MR) is 142 cm³/mol. The van der Waals surface area contributed by atoms with Gasteiger partial charge in [-0.25, -0.2) is 4.39 Å². The van der Waals surface area contributed by atoms with Gasteiger partial charge in [-0.3, -0.25) is 19.0 Å². The topological polar surface area (TPSA) is 106 Å². The van der Waals surface area contributed by atoms with Gasteiger partial charge in [-0.15, -0.1) is 0 Å². The minimum absolute atomic E-state index is 0.00510. The summed E-state index contributed by atoms with van der Waals surface area (Å²) < 4.78 is 15.9. The van der Waals surface area contributed by atoms with Gasteiger partial charge in [0.2, 0.25) is 11.8 Å². The van der Waals surface area contributed by atoms with Crippen LogP contribution in [-0.4, -0.2) is 35.4 Å². The molecule has 2 amide bonds. The summed E-state index contributed by atoms with van der Waals surface area (Å²) in [7, 11) is 1.66. The lowest BCUT2D eigenvalue weighted by molar-refractivity contribution is -0.125. The van der Waals surface area contributed by atoms with E-state index in [4.69, 9.17) is 5.73 Å². The van der Waals surface area contributed by atoms with Crippen molar-refractivity contribution in [3.8, 4) is 11.1 Å². The number of amides is 2. The summed E-state index contributed by atoms with van der Waals surface area (Å²) in [6.07, 6.45) is 4.17. The molecule has 0 unspecified atom stereocenters. The van der Waals surface area contributed by atoms with E-state index in [1.807, 2.05) is 12.1 Å². The summed E-state index contributed by atoms with van der Waals surface area (Å²) >= 11 is 0. The fourth-order valence-corrected chi connectivity index (χ4v) is 6.05. The van der Waals surface area contributed by atoms with Crippen LogP contribution in [0.4, 0.5) is 10.1 Å². The van der Waals surface area contributed by atoms with E-state index in [1.165, 1.54) is 12.1 Å². The minimum atomic E-state index is -0.532. The second-order valence-electron chi connectivity index (χ2n) is 11.2. The Hall–Kier alpha value is -3.68. The Labute approximate surface area is 215 Å². The minimum Gasteiger partial charge on any atom is -0.382 e. The number of carbonyl (C=O) groups is 3. The quantitative estimate of drug-likeness (QED) is 0.461. The first kappa shape index (κ1) is 25.0. The average Bonchev–Trinajstić information content (AvgIpc) is 3.15. The van der Waals surface area contributed by atoms with Gasteiger partial charge in [-0.2, -0.15) is 0 Å². The second-order valence-corrected chi connectivity index (χ2v) is 11.2. The molecule has 4 N–H and O–H groups in total. The number of nitrogens with one attached hydrogen (secondary N) is 2. The van der Waals surface area contributed by atoms with Crippen molar-refractivity contribution in [3.05, 3.63) is 53.5 Å². The van der Waals surface area contributed by atoms with Crippen LogP contribution in [0.3, 0.4) is 0 Å². The number of primary amides is 1. The zero-order valence-electron chi connectivity index (χ0n) is 21.5. The molecule has 1 aliphatic carbocycles. The molecule has 1 saturated carbocycles. The Kier molecular flexibility index (Phi) is 6.30. The van der Waals surface area contributed by atoms with Crippen molar-refractivity contribution >= 4 is 34.3 Å². The first-order chi connectivity index (χ1) is 17.6. The van der Waals surface area contributed by atoms with E-state index in [1.54, 1.807) is 23.7 Å². The Morgan fingerprint density at radius 2 is 1.78 bits per heavy atom. The number of nitrogens with two attached hydrogens (primary N) is 1. The highest BCUT2D eigenvalue weighted by atomic mass is 19.1. The van der Waals surface area contributed by atoms with Crippen LogP contribution >= 0.6 is 0 Å². The fourth-order valence-electron chi connectivity index (χ4n) is 6.05. The van der Waals surface area contributed by atoms with Gasteiger partial charge in [0.25, 0.3) is 5.91 Å². The third kappa shape index (κ3) is 4.61. The molecular formula is C29H33FN4O3. The van der Waals surface area contributed by atoms with Crippen LogP contribution in [-0.2, 0) is 11.2 Å². The van der Waals surface area contributed by atoms with Crippen molar-refractivity contribution in [3.63, 3.8) is 0 Å². The zero-order valence-corrected chi connectivity index (χ0v) is 21.5. The largest absolute Gasteiger partial charge is 0.382 e. The predicted octanol–water partition coefficient (Wildman–Crippen LogP) is 4.88. The van der Waals surface area contributed by atoms with Crippen molar-refractivity contribution < 1.29 is 18.8 Å². The van der Waals surface area contributed by atoms with Crippen molar-refractivity contribution in [2.45, 2.75) is 58.4 Å². The number of halogens is 1. The lowest BCUT2D eigenvalue weighted by Gasteiger charge is -2.31. The van der Waals surface area contributed by atoms with E-state index < -0.39 is 11.7 Å². The monoisotopic (exact) mass is 504 g/mol. The molecule has 0 bridgehead atoms. The number of benzene rings is 2. The third-order valence-corrected chi connectivity index (χ3v) is 7.83. The molecule has 7 nitrogen and oxygen atoms in total. The summed E-state index contributed by atoms with van der Waals surface area (Å²) in [5, 5.41) is 7.03. The van der Waals surface area contributed by atoms with Crippen LogP contribution in [0.5, 0.6) is 0 Å². The fraction of sp³-hybridized carbons (Fsp3) is 0.414. The first-order valence-electron chi connectivity index (χ1n) is 12.9. The van der Waals surface area contributed by atoms with Crippen molar-refractivity contribution in [2.75, 3.05) is 12.4 Å². The highest BCUT2D eigenvalue weighted by molar-refractivity contribution is 6.06. The number of carbonyl (C=O) groups excluding carboxylic acids is 3. The van der Waals surface area contributed by atoms with Gasteiger partial charge in [0, 0.05) is 47.8 Å². The molecule has 8 heteroatoms. The molecule has 2 aliphatic rings. The summed E-state index contributed by atoms with van der Waals surface area (Å²) in [5.41, 5.74) is 9.63. The summed E-state index contributed by atoms with van der Waals surface area (Å²) in [4.78, 5) is 37.5. The molecule has 0 atom stereocenters. The van der Waals surface area contributed by atoms with E-state index in [9.17, 15) is 18.8 Å². The normalized spacial score (nSPS) is 20.9. The SMILES string of the molecule is CNC(=O)[C@H]1CC[C@H](Nc2cc(-c3c4n(c5cc(F)ccc35)C(=O)CC(C)(C)C4)ccc2C(N)=O)CC1. The molecule has 2 aromatic carbocycles. The smallest absolute Gasteiger partial charge is 0.250 e. The molecule has 194 valence electrons. The van der Waals surface area contributed by atoms with E-state index in [0.29, 0.717) is 29.6 Å². The Balaban J connectivity index is 1.58. The van der Waals surface area contributed by atoms with Gasteiger partial charge in [-0.1, -0.05) is 19.9 Å². The van der Waals surface area contributed by atoms with E-state index in [0.717, 1.165) is 47.9 Å². The van der Waals surface area contributed by atoms with Crippen molar-refractivity contribution in [1.82, 2.24) is 9.88 Å². The standard InChI is InChI=1S/C29H33FN4O3/c1-29(2)14-24-26(21-11-7-18(30)13-23(21)34(24)25(35)15-29)17-6-10-20(27(31)36)22(12-17)33-19-8-4-16(5-9-19)28(37)32-3/h6-7,10-13,16,19,33H,4-5,8-9,14-15H2,1-3H3,(H2,31,36)(H,32,37)/t16-,19-. The Morgan fingerprint density at radius 1 is 1.05 bits per heavy atom. The van der Waals surface area contributed by atoms with Crippen LogP contribution in [0.15, 0.2) is 36.4 Å². The number of aromatic nitrogens is 1. The number of nitrogens with zero attached hydrogens (tertiary/aromatic N) is 1. The average molecular weight is 505 g/mol. The van der Waals surface area contributed by atoms with Crippen molar-refractivity contribution in [1.29, 1.82) is 0 Å². The molecule has 1 aromatic heterocycles. The van der Waals surface area contributed by atoms with Gasteiger partial charge < -0.3 is 16.4 Å². The molecule has 3 aromatic rings. The van der Waals surface area contributed by atoms with Gasteiger partial charge in [-0.05, 0) is 73.4 Å². The molecule has 1 fully saturated rings. The highest BCUT2D eigenvalue weighted by Gasteiger charge is 2.35. The van der Waals surface area contributed by atoms with Crippen molar-refractivity contribution in [2.24, 2.45) is 17.1 Å². The summed E-state index contributed by atoms with van der Waals surface area (Å²) in [6, 6.07) is 10.1. The highest BCUT2D eigenvalue weighted by Crippen LogP contribution is 2.43. The van der Waals surface area contributed by atoms with Crippen LogP contribution in [0, 0.1) is 17.2 Å². The lowest BCUT2D eigenvalue weighted by atomic mass is 9.80. The van der Waals surface area contributed by atoms with Crippen LogP contribution in [0.2, 0.25) is 0 Å². The number of hydrogen-bond donors (Lipinski definition) is 3. The van der Waals surface area contributed by atoms with Crippen LogP contribution < -0.4 is 16.4 Å².